The van der Waals surface area contributed by atoms with E-state index in [1.807, 2.05) is 19.9 Å². The molecule has 0 unspecified atom stereocenters. The maximum atomic E-state index is 12.6. The number of carbonyl (C=O) groups excluding carboxylic acids is 4. The van der Waals surface area contributed by atoms with Gasteiger partial charge in [-0.15, -0.1) is 0 Å². The summed E-state index contributed by atoms with van der Waals surface area (Å²) in [6.45, 7) is 19.6. The fraction of sp³-hybridized carbons (Fsp3) is 0.535. The molecule has 344 valence electrons. The topological polar surface area (TPSA) is 216 Å². The van der Waals surface area contributed by atoms with Gasteiger partial charge < -0.3 is 52.9 Å². The Kier molecular flexibility index (Phi) is 18.7. The fourth-order valence-electron chi connectivity index (χ4n) is 6.94. The van der Waals surface area contributed by atoms with Crippen molar-refractivity contribution in [1.82, 2.24) is 9.80 Å². The van der Waals surface area contributed by atoms with Crippen LogP contribution in [0.4, 0.5) is 0 Å². The summed E-state index contributed by atoms with van der Waals surface area (Å²) in [6.07, 6.45) is 5.93. The summed E-state index contributed by atoms with van der Waals surface area (Å²) >= 11 is 0. The molecule has 0 spiro atoms. The number of methoxy groups -OCH3 is 2. The largest absolute Gasteiger partial charge is 0.507 e. The van der Waals surface area contributed by atoms with Gasteiger partial charge in [-0.1, -0.05) is 42.9 Å². The van der Waals surface area contributed by atoms with Crippen LogP contribution < -0.4 is 14.2 Å². The Balaban J connectivity index is 0.000000336. The smallest absolute Gasteiger partial charge is 0.342 e. The van der Waals surface area contributed by atoms with E-state index in [0.717, 1.165) is 45.9 Å². The normalized spacial score (nSPS) is 14.0. The minimum Gasteiger partial charge on any atom is -0.507 e. The first kappa shape index (κ1) is 51.9. The third-order valence-electron chi connectivity index (χ3n) is 10.5. The van der Waals surface area contributed by atoms with Gasteiger partial charge in [-0.05, 0) is 71.0 Å². The predicted octanol–water partition coefficient (Wildman–Crippen LogP) is 6.47. The fourth-order valence-corrected chi connectivity index (χ4v) is 8.92. The number of allylic oxidation sites excluding steroid dienone is 2. The molecule has 0 aliphatic carbocycles. The van der Waals surface area contributed by atoms with Crippen molar-refractivity contribution in [2.24, 2.45) is 0 Å². The van der Waals surface area contributed by atoms with E-state index >= 15 is 0 Å². The van der Waals surface area contributed by atoms with Crippen molar-refractivity contribution in [3.05, 3.63) is 67.8 Å². The highest BCUT2D eigenvalue weighted by Gasteiger charge is 2.34. The number of phenols is 1. The van der Waals surface area contributed by atoms with E-state index in [9.17, 15) is 33.4 Å². The lowest BCUT2D eigenvalue weighted by Gasteiger charge is -2.22. The van der Waals surface area contributed by atoms with Crippen molar-refractivity contribution in [2.75, 3.05) is 72.7 Å². The summed E-state index contributed by atoms with van der Waals surface area (Å²) in [7, 11) is -4.61. The van der Waals surface area contributed by atoms with Gasteiger partial charge in [0.1, 0.15) is 47.3 Å². The first-order valence-corrected chi connectivity index (χ1v) is 28.5. The number of rotatable bonds is 22. The Morgan fingerprint density at radius 1 is 0.758 bits per heavy atom. The molecule has 19 heteroatoms. The minimum absolute atomic E-state index is 0.0721. The molecule has 2 aromatic carbocycles. The lowest BCUT2D eigenvalue weighted by Crippen LogP contribution is -2.27. The van der Waals surface area contributed by atoms with Gasteiger partial charge in [-0.3, -0.25) is 14.2 Å². The molecule has 4 rings (SSSR count). The number of fused-ring (bicyclic) bond motifs is 2. The van der Waals surface area contributed by atoms with Crippen LogP contribution in [0.15, 0.2) is 23.3 Å². The number of cyclic esters (lactones) is 2. The zero-order valence-electron chi connectivity index (χ0n) is 37.9. The van der Waals surface area contributed by atoms with Crippen LogP contribution in [0.1, 0.15) is 67.9 Å². The van der Waals surface area contributed by atoms with Crippen LogP contribution in [-0.4, -0.2) is 130 Å². The summed E-state index contributed by atoms with van der Waals surface area (Å²) in [5, 5.41) is 10.6. The highest BCUT2D eigenvalue weighted by molar-refractivity contribution is 7.62. The van der Waals surface area contributed by atoms with Gasteiger partial charge in [-0.2, -0.15) is 0 Å². The van der Waals surface area contributed by atoms with Gasteiger partial charge in [0.05, 0.1) is 34.1 Å². The van der Waals surface area contributed by atoms with Crippen LogP contribution in [0.3, 0.4) is 0 Å². The van der Waals surface area contributed by atoms with E-state index in [-0.39, 0.29) is 50.0 Å². The Hall–Kier alpha value is -4.40. The zero-order chi connectivity index (χ0) is 46.7. The summed E-state index contributed by atoms with van der Waals surface area (Å²) in [5.41, 5.74) is 6.68. The van der Waals surface area contributed by atoms with Gasteiger partial charge in [-0.25, -0.2) is 9.59 Å². The van der Waals surface area contributed by atoms with Gasteiger partial charge >= 0.3 is 19.5 Å². The van der Waals surface area contributed by atoms with E-state index in [1.165, 1.54) is 12.0 Å². The van der Waals surface area contributed by atoms with Crippen molar-refractivity contribution < 1.29 is 66.9 Å². The molecular weight excluding hydrogens is 859 g/mol. The van der Waals surface area contributed by atoms with Crippen LogP contribution >= 0.6 is 14.7 Å². The van der Waals surface area contributed by atoms with Crippen LogP contribution in [0.2, 0.25) is 25.7 Å². The van der Waals surface area contributed by atoms with E-state index in [2.05, 4.69) is 19.6 Å². The molecular formula is C43H64N2O14P2Si. The summed E-state index contributed by atoms with van der Waals surface area (Å²) in [4.78, 5) is 67.9. The number of aromatic hydroxyl groups is 1. The molecule has 2 aliphatic heterocycles. The molecule has 2 heterocycles. The number of phenolic OH excluding ortho intramolecular Hbond substituents is 1. The van der Waals surface area contributed by atoms with Crippen LogP contribution in [0.25, 0.3) is 0 Å². The van der Waals surface area contributed by atoms with Gasteiger partial charge in [0.15, 0.2) is 0 Å². The van der Waals surface area contributed by atoms with E-state index in [1.54, 1.807) is 45.3 Å². The maximum Gasteiger partial charge on any atom is 0.342 e. The SMILES string of the molecule is COc1c(C)c2c(c(O)c1C/C=C(\C)CN(C=O)CCP(=O)(O)O)C(=O)OC2.COc1c(C)c2c(c(OCC[Si](C)(C)C)c1C/C=C(\C)CN(C=O)CCP(C)(C)=O)C(=O)OC2. The summed E-state index contributed by atoms with van der Waals surface area (Å²) < 4.78 is 50.8. The lowest BCUT2D eigenvalue weighted by molar-refractivity contribution is -0.118. The molecule has 2 amide bonds. The number of ether oxygens (including phenoxy) is 5. The van der Waals surface area contributed by atoms with E-state index < -0.39 is 34.9 Å². The Bertz CT molecular complexity index is 2150. The number of hydrogen-bond donors (Lipinski definition) is 3. The Morgan fingerprint density at radius 3 is 1.66 bits per heavy atom. The second kappa shape index (κ2) is 22.3. The molecule has 0 radical (unpaired) electrons. The van der Waals surface area contributed by atoms with Crippen molar-refractivity contribution in [1.29, 1.82) is 0 Å². The molecule has 0 aromatic heterocycles. The zero-order valence-corrected chi connectivity index (χ0v) is 40.7. The van der Waals surface area contributed by atoms with Crippen molar-refractivity contribution >= 4 is 47.6 Å². The second-order valence-corrected chi connectivity index (χ2v) is 28.3. The molecule has 0 bridgehead atoms. The molecule has 0 atom stereocenters. The van der Waals surface area contributed by atoms with Crippen molar-refractivity contribution in [3.63, 3.8) is 0 Å². The van der Waals surface area contributed by atoms with Crippen LogP contribution in [0, 0.1) is 13.8 Å². The Labute approximate surface area is 366 Å². The molecule has 2 aliphatic rings. The van der Waals surface area contributed by atoms with Gasteiger partial charge in [0, 0.05) is 62.7 Å². The number of nitrogens with zero attached hydrogens (tertiary/aromatic N) is 2. The molecule has 0 saturated carbocycles. The average Bonchev–Trinajstić information content (AvgIpc) is 3.77. The predicted molar refractivity (Wildman–Crippen MR) is 240 cm³/mol. The molecule has 16 nitrogen and oxygen atoms in total. The van der Waals surface area contributed by atoms with Crippen LogP contribution in [-0.2, 0) is 54.2 Å². The average molecular weight is 923 g/mol. The number of hydrogen-bond acceptors (Lipinski definition) is 12. The van der Waals surface area contributed by atoms with E-state index in [0.29, 0.717) is 72.6 Å². The molecule has 3 N–H and O–H groups in total. The monoisotopic (exact) mass is 922 g/mol. The van der Waals surface area contributed by atoms with Gasteiger partial charge in [0.25, 0.3) is 0 Å². The maximum absolute atomic E-state index is 12.6. The first-order valence-electron chi connectivity index (χ1n) is 20.2. The number of amides is 2. The third-order valence-corrected chi connectivity index (χ3v) is 14.3. The first-order chi connectivity index (χ1) is 28.9. The second-order valence-electron chi connectivity index (χ2n) is 17.3. The molecule has 62 heavy (non-hydrogen) atoms. The van der Waals surface area contributed by atoms with Crippen molar-refractivity contribution in [3.8, 4) is 23.0 Å². The number of esters is 2. The standard InChI is InChI=1S/C25H40NO6PSi.C18H24NO8P/c1-18(15-26(17-27)11-13-33(4,5)29)9-10-20-23(30-3)19(2)21-16-32-25(28)22(21)24(20)31-12-14-34(6,7)8;1-11(8-19(10-20)6-7-28(23,24)25)4-5-13-16(21)15-14(9-27-18(15)22)12(2)17(13)26-3/h9,17H,10-16H2,1-8H3;4,10,21H,5-9H2,1-3H3,(H2,23,24,25)/b18-9+;11-4+. The molecule has 2 aromatic rings. The summed E-state index contributed by atoms with van der Waals surface area (Å²) in [6, 6.07) is 0.967. The molecule has 0 saturated heterocycles. The number of carbonyl (C=O) groups is 4. The third kappa shape index (κ3) is 14.6. The Morgan fingerprint density at radius 2 is 1.21 bits per heavy atom. The van der Waals surface area contributed by atoms with Crippen molar-refractivity contribution in [2.45, 2.75) is 79.4 Å². The quantitative estimate of drug-likeness (QED) is 0.0380. The molecule has 0 fully saturated rings. The minimum atomic E-state index is -4.19. The van der Waals surface area contributed by atoms with E-state index in [4.69, 9.17) is 33.5 Å². The van der Waals surface area contributed by atoms with Crippen LogP contribution in [0.5, 0.6) is 23.0 Å². The number of benzene rings is 2. The highest BCUT2D eigenvalue weighted by atomic mass is 31.2. The lowest BCUT2D eigenvalue weighted by atomic mass is 9.94. The summed E-state index contributed by atoms with van der Waals surface area (Å²) in [5.74, 6) is 0.595. The van der Waals surface area contributed by atoms with Gasteiger partial charge in [0.2, 0.25) is 12.8 Å². The highest BCUT2D eigenvalue weighted by Crippen LogP contribution is 2.44.